The van der Waals surface area contributed by atoms with Crippen molar-refractivity contribution in [2.45, 2.75) is 25.7 Å². The fourth-order valence-corrected chi connectivity index (χ4v) is 7.03. The van der Waals surface area contributed by atoms with E-state index in [4.69, 9.17) is 16.6 Å². The smallest absolute Gasteiger partial charge is 0.265 e. The molecular weight excluding hydrogens is 536 g/mol. The Bertz CT molecular complexity index is 1210. The summed E-state index contributed by atoms with van der Waals surface area (Å²) in [4.78, 5) is 22.0. The van der Waals surface area contributed by atoms with Crippen molar-refractivity contribution in [3.63, 3.8) is 0 Å². The zero-order valence-corrected chi connectivity index (χ0v) is 22.0. The Balaban J connectivity index is 1.41. The molecule has 0 saturated carbocycles. The first-order valence-electron chi connectivity index (χ1n) is 10.9. The Morgan fingerprint density at radius 1 is 1.03 bits per heavy atom. The topological polar surface area (TPSA) is 33.2 Å². The Kier molecular flexibility index (Phi) is 6.70. The Morgan fingerprint density at radius 3 is 2.33 bits per heavy atom. The van der Waals surface area contributed by atoms with E-state index in [-0.39, 0.29) is 5.91 Å². The summed E-state index contributed by atoms with van der Waals surface area (Å²) in [5, 5.41) is 3.82. The zero-order valence-electron chi connectivity index (χ0n) is 18.1. The molecule has 0 unspecified atom stereocenters. The maximum absolute atomic E-state index is 12.9. The number of rotatable bonds is 4. The lowest BCUT2D eigenvalue weighted by Gasteiger charge is -2.31. The van der Waals surface area contributed by atoms with Crippen LogP contribution in [0, 0.1) is 6.92 Å². The molecule has 3 nitrogen and oxygen atoms in total. The van der Waals surface area contributed by atoms with Crippen LogP contribution in [0.1, 0.15) is 39.0 Å². The highest BCUT2D eigenvalue weighted by molar-refractivity contribution is 9.10. The molecule has 7 heteroatoms. The van der Waals surface area contributed by atoms with Crippen LogP contribution in [-0.2, 0) is 0 Å². The third-order valence-electron chi connectivity index (χ3n) is 6.02. The van der Waals surface area contributed by atoms with Gasteiger partial charge in [-0.3, -0.25) is 4.79 Å². The van der Waals surface area contributed by atoms with Crippen molar-refractivity contribution in [2.75, 3.05) is 13.1 Å². The van der Waals surface area contributed by atoms with Gasteiger partial charge in [-0.1, -0.05) is 53.6 Å². The molecule has 1 aliphatic heterocycles. The quantitative estimate of drug-likeness (QED) is 0.253. The van der Waals surface area contributed by atoms with Gasteiger partial charge in [0.1, 0.15) is 4.88 Å². The molecule has 1 saturated heterocycles. The van der Waals surface area contributed by atoms with Gasteiger partial charge < -0.3 is 4.90 Å². The minimum absolute atomic E-state index is 0.122. The van der Waals surface area contributed by atoms with E-state index in [0.29, 0.717) is 5.92 Å². The first-order chi connectivity index (χ1) is 16.0. The van der Waals surface area contributed by atoms with Gasteiger partial charge in [-0.25, -0.2) is 4.98 Å². The first-order valence-corrected chi connectivity index (χ1v) is 13.7. The van der Waals surface area contributed by atoms with Crippen molar-refractivity contribution in [1.82, 2.24) is 9.88 Å². The number of carbonyl (C=O) groups is 1. The monoisotopic (exact) mass is 556 g/mol. The lowest BCUT2D eigenvalue weighted by molar-refractivity contribution is 0.0717. The van der Waals surface area contributed by atoms with Crippen molar-refractivity contribution in [2.24, 2.45) is 0 Å². The zero-order chi connectivity index (χ0) is 22.9. The van der Waals surface area contributed by atoms with Crippen molar-refractivity contribution in [1.29, 1.82) is 0 Å². The average Bonchev–Trinajstić information content (AvgIpc) is 3.47. The summed E-state index contributed by atoms with van der Waals surface area (Å²) in [6.07, 6.45) is 1.85. The number of aromatic nitrogens is 1. The van der Waals surface area contributed by atoms with Gasteiger partial charge in [0.2, 0.25) is 0 Å². The van der Waals surface area contributed by atoms with Gasteiger partial charge in [-0.2, -0.15) is 0 Å². The van der Waals surface area contributed by atoms with Gasteiger partial charge in [-0.15, -0.1) is 22.7 Å². The van der Waals surface area contributed by atoms with Crippen molar-refractivity contribution >= 4 is 56.1 Å². The summed E-state index contributed by atoms with van der Waals surface area (Å²) >= 11 is 12.9. The van der Waals surface area contributed by atoms with Crippen LogP contribution in [0.4, 0.5) is 0 Å². The highest BCUT2D eigenvalue weighted by Crippen LogP contribution is 2.42. The molecule has 168 valence electrons. The minimum Gasteiger partial charge on any atom is -0.338 e. The molecule has 0 spiro atoms. The van der Waals surface area contributed by atoms with Crippen LogP contribution in [0.3, 0.4) is 0 Å². The van der Waals surface area contributed by atoms with Gasteiger partial charge in [0.05, 0.1) is 15.6 Å². The minimum atomic E-state index is 0.122. The lowest BCUT2D eigenvalue weighted by atomic mass is 9.97. The number of nitrogens with zero attached hydrogens (tertiary/aromatic N) is 2. The van der Waals surface area contributed by atoms with Crippen LogP contribution in [0.5, 0.6) is 0 Å². The molecule has 2 aromatic carbocycles. The number of halogens is 2. The molecule has 1 amide bonds. The van der Waals surface area contributed by atoms with Gasteiger partial charge in [0.15, 0.2) is 0 Å². The Labute approximate surface area is 215 Å². The van der Waals surface area contributed by atoms with Crippen molar-refractivity contribution in [3.05, 3.63) is 84.9 Å². The number of likely N-dealkylation sites (tertiary alicyclic amines) is 1. The molecule has 2 aromatic heterocycles. The lowest BCUT2D eigenvalue weighted by Crippen LogP contribution is -2.37. The molecule has 0 atom stereocenters. The number of hydrogen-bond acceptors (Lipinski definition) is 4. The Hall–Kier alpha value is -1.99. The highest BCUT2D eigenvalue weighted by Gasteiger charge is 2.29. The normalized spacial score (nSPS) is 14.6. The van der Waals surface area contributed by atoms with E-state index < -0.39 is 0 Å². The molecule has 1 aliphatic rings. The van der Waals surface area contributed by atoms with Crippen LogP contribution in [0.15, 0.2) is 64.5 Å². The molecule has 1 fully saturated rings. The second kappa shape index (κ2) is 9.71. The first kappa shape index (κ1) is 22.8. The second-order valence-electron chi connectivity index (χ2n) is 8.27. The standard InChI is InChI=1S/C26H22BrClN2OS2/c1-16-2-4-18(5-3-16)23-22(17-6-8-20(28)9-7-17)29-25(33-23)19-10-13-30(14-11-19)26(31)24-21(27)12-15-32-24/h2-9,12,15,19H,10-11,13-14H2,1H3. The maximum atomic E-state index is 12.9. The number of thiophene rings is 1. The number of benzene rings is 2. The molecule has 0 aliphatic carbocycles. The van der Waals surface area contributed by atoms with E-state index in [1.165, 1.54) is 27.3 Å². The molecule has 4 aromatic rings. The van der Waals surface area contributed by atoms with Gasteiger partial charge in [0.25, 0.3) is 5.91 Å². The van der Waals surface area contributed by atoms with Crippen LogP contribution >= 0.6 is 50.2 Å². The number of piperidine rings is 1. The molecule has 0 radical (unpaired) electrons. The van der Waals surface area contributed by atoms with E-state index in [2.05, 4.69) is 47.1 Å². The summed E-state index contributed by atoms with van der Waals surface area (Å²) in [7, 11) is 0. The highest BCUT2D eigenvalue weighted by atomic mass is 79.9. The average molecular weight is 558 g/mol. The summed E-state index contributed by atoms with van der Waals surface area (Å²) in [5.41, 5.74) is 4.51. The van der Waals surface area contributed by atoms with Gasteiger partial charge in [0, 0.05) is 34.1 Å². The number of amides is 1. The summed E-state index contributed by atoms with van der Waals surface area (Å²) in [6.45, 7) is 3.61. The number of carbonyl (C=O) groups excluding carboxylic acids is 1. The van der Waals surface area contributed by atoms with Crippen LogP contribution in [0.25, 0.3) is 21.7 Å². The van der Waals surface area contributed by atoms with Gasteiger partial charge >= 0.3 is 0 Å². The van der Waals surface area contributed by atoms with E-state index in [1.54, 1.807) is 11.3 Å². The van der Waals surface area contributed by atoms with Crippen molar-refractivity contribution in [3.8, 4) is 21.7 Å². The summed E-state index contributed by atoms with van der Waals surface area (Å²) in [5.74, 6) is 0.479. The summed E-state index contributed by atoms with van der Waals surface area (Å²) in [6, 6.07) is 18.5. The maximum Gasteiger partial charge on any atom is 0.265 e. The molecule has 33 heavy (non-hydrogen) atoms. The van der Waals surface area contributed by atoms with E-state index in [9.17, 15) is 4.79 Å². The van der Waals surface area contributed by atoms with E-state index in [0.717, 1.165) is 56.6 Å². The molecular formula is C26H22BrClN2OS2. The van der Waals surface area contributed by atoms with Crippen LogP contribution < -0.4 is 0 Å². The fraction of sp³-hybridized carbons (Fsp3) is 0.231. The van der Waals surface area contributed by atoms with Crippen molar-refractivity contribution < 1.29 is 4.79 Å². The van der Waals surface area contributed by atoms with E-state index in [1.807, 2.05) is 40.6 Å². The third-order valence-corrected chi connectivity index (χ3v) is 9.36. The largest absolute Gasteiger partial charge is 0.338 e. The fourth-order valence-electron chi connectivity index (χ4n) is 4.13. The number of thiazole rings is 1. The molecule has 0 N–H and O–H groups in total. The van der Waals surface area contributed by atoms with E-state index >= 15 is 0 Å². The third kappa shape index (κ3) is 4.80. The summed E-state index contributed by atoms with van der Waals surface area (Å²) < 4.78 is 0.884. The van der Waals surface area contributed by atoms with Crippen LogP contribution in [-0.4, -0.2) is 28.9 Å². The van der Waals surface area contributed by atoms with Crippen LogP contribution in [0.2, 0.25) is 5.02 Å². The predicted octanol–water partition coefficient (Wildman–Crippen LogP) is 8.28. The number of aryl methyl sites for hydroxylation is 1. The molecule has 5 rings (SSSR count). The SMILES string of the molecule is Cc1ccc(-c2sc(C3CCN(C(=O)c4sccc4Br)CC3)nc2-c2ccc(Cl)cc2)cc1. The predicted molar refractivity (Wildman–Crippen MR) is 143 cm³/mol. The molecule has 3 heterocycles. The Morgan fingerprint density at radius 2 is 1.70 bits per heavy atom. The van der Waals surface area contributed by atoms with Gasteiger partial charge in [-0.05, 0) is 64.8 Å². The number of hydrogen-bond donors (Lipinski definition) is 0. The second-order valence-corrected chi connectivity index (χ2v) is 11.5. The molecule has 0 bridgehead atoms.